The fraction of sp³-hybridized carbons (Fsp3) is 0.448. The van der Waals surface area contributed by atoms with Crippen LogP contribution in [0.2, 0.25) is 0 Å². The van der Waals surface area contributed by atoms with Crippen molar-refractivity contribution in [1.82, 2.24) is 4.90 Å². The molecule has 3 aliphatic carbocycles. The third kappa shape index (κ3) is 4.42. The molecule has 3 aliphatic rings. The lowest BCUT2D eigenvalue weighted by Gasteiger charge is -2.53. The Kier molecular flexibility index (Phi) is 7.87. The molecule has 0 aliphatic heterocycles. The second-order valence-electron chi connectivity index (χ2n) is 10.9. The molecule has 1 aromatic rings. The van der Waals surface area contributed by atoms with Crippen molar-refractivity contribution >= 4 is 29.5 Å². The Labute approximate surface area is 236 Å². The van der Waals surface area contributed by atoms with Gasteiger partial charge in [0.15, 0.2) is 11.4 Å². The first-order chi connectivity index (χ1) is 19.2. The number of nitrogens with two attached hydrogens (primary N) is 1. The Hall–Kier alpha value is -4.00. The monoisotopic (exact) mass is 570 g/mol. The summed E-state index contributed by atoms with van der Waals surface area (Å²) in [7, 11) is 2.94. The van der Waals surface area contributed by atoms with Crippen molar-refractivity contribution in [3.63, 3.8) is 0 Å². The van der Waals surface area contributed by atoms with E-state index >= 15 is 0 Å². The predicted molar refractivity (Wildman–Crippen MR) is 145 cm³/mol. The van der Waals surface area contributed by atoms with Crippen molar-refractivity contribution < 1.29 is 49.4 Å². The number of phenolic OH excluding ortho intramolecular Hbond substituents is 1. The number of rotatable bonds is 7. The van der Waals surface area contributed by atoms with Crippen molar-refractivity contribution in [3.8, 4) is 5.75 Å². The number of aromatic hydroxyl groups is 1. The van der Waals surface area contributed by atoms with Gasteiger partial charge in [-0.15, -0.1) is 0 Å². The molecule has 0 saturated heterocycles. The number of carbonyl (C=O) groups is 4. The van der Waals surface area contributed by atoms with Gasteiger partial charge in [0.1, 0.15) is 22.8 Å². The molecule has 0 aromatic heterocycles. The molecule has 7 N–H and O–H groups in total. The molecule has 1 aromatic carbocycles. The minimum Gasteiger partial charge on any atom is -0.510 e. The molecule has 0 saturated carbocycles. The number of ketones is 2. The number of aliphatic hydroxyl groups is 4. The minimum absolute atomic E-state index is 0.0912. The summed E-state index contributed by atoms with van der Waals surface area (Å²) in [4.78, 5) is 52.8. The summed E-state index contributed by atoms with van der Waals surface area (Å²) in [6.07, 6.45) is 2.20. The molecule has 0 fully saturated rings. The third-order valence-corrected chi connectivity index (χ3v) is 8.30. The fourth-order valence-electron chi connectivity index (χ4n) is 6.30. The number of fused-ring (bicyclic) bond motifs is 3. The van der Waals surface area contributed by atoms with Crippen LogP contribution in [-0.4, -0.2) is 92.3 Å². The number of benzene rings is 1. The van der Waals surface area contributed by atoms with Crippen molar-refractivity contribution in [2.24, 2.45) is 17.6 Å². The molecule has 0 bridgehead atoms. The maximum atomic E-state index is 13.9. The second kappa shape index (κ2) is 10.8. The molecule has 12 nitrogen and oxygen atoms in total. The highest BCUT2D eigenvalue weighted by molar-refractivity contribution is 6.25. The minimum atomic E-state index is -2.99. The van der Waals surface area contributed by atoms with E-state index in [1.165, 1.54) is 31.1 Å². The van der Waals surface area contributed by atoms with Crippen LogP contribution in [0.25, 0.3) is 6.08 Å². The van der Waals surface area contributed by atoms with Crippen LogP contribution in [0.1, 0.15) is 54.1 Å². The van der Waals surface area contributed by atoms with E-state index in [2.05, 4.69) is 0 Å². The average Bonchev–Trinajstić information content (AvgIpc) is 2.90. The van der Waals surface area contributed by atoms with E-state index in [9.17, 15) is 44.7 Å². The predicted octanol–water partition coefficient (Wildman–Crippen LogP) is 1.01. The van der Waals surface area contributed by atoms with E-state index in [1.807, 2.05) is 6.92 Å². The highest BCUT2D eigenvalue weighted by Crippen LogP contribution is 2.55. The Morgan fingerprint density at radius 3 is 2.41 bits per heavy atom. The zero-order valence-electron chi connectivity index (χ0n) is 23.1. The number of hydrogen-bond acceptors (Lipinski definition) is 11. The van der Waals surface area contributed by atoms with Crippen molar-refractivity contribution in [2.45, 2.75) is 50.4 Å². The van der Waals surface area contributed by atoms with Crippen molar-refractivity contribution in [2.75, 3.05) is 20.7 Å². The summed E-state index contributed by atoms with van der Waals surface area (Å²) in [5, 5.41) is 56.7. The molecule has 0 radical (unpaired) electrons. The number of nitrogens with zero attached hydrogens (tertiary/aromatic N) is 1. The highest BCUT2D eigenvalue weighted by atomic mass is 16.5. The van der Waals surface area contributed by atoms with Gasteiger partial charge in [-0.3, -0.25) is 19.3 Å². The lowest BCUT2D eigenvalue weighted by atomic mass is 9.55. The number of phenols is 1. The number of aliphatic hydroxyl groups excluding tert-OH is 3. The summed E-state index contributed by atoms with van der Waals surface area (Å²) >= 11 is 0. The van der Waals surface area contributed by atoms with Gasteiger partial charge in [0.05, 0.1) is 30.2 Å². The number of likely N-dealkylation sites (N-methyl/N-ethyl adjacent to an activating group) is 1. The van der Waals surface area contributed by atoms with Crippen LogP contribution in [0, 0.1) is 11.8 Å². The topological polar surface area (TPSA) is 208 Å². The first kappa shape index (κ1) is 30.0. The third-order valence-electron chi connectivity index (χ3n) is 8.30. The van der Waals surface area contributed by atoms with E-state index in [0.717, 1.165) is 12.5 Å². The van der Waals surface area contributed by atoms with Gasteiger partial charge in [-0.05, 0) is 38.1 Å². The summed E-state index contributed by atoms with van der Waals surface area (Å²) in [6.45, 7) is 3.80. The maximum absolute atomic E-state index is 13.9. The summed E-state index contributed by atoms with van der Waals surface area (Å²) in [6, 6.07) is 1.69. The number of Topliss-reactive ketones (excluding diaryl/α,β-unsaturated/α-hetero) is 2. The van der Waals surface area contributed by atoms with Gasteiger partial charge in [-0.25, -0.2) is 4.79 Å². The molecule has 12 heteroatoms. The van der Waals surface area contributed by atoms with Gasteiger partial charge < -0.3 is 36.0 Å². The smallest absolute Gasteiger partial charge is 0.330 e. The van der Waals surface area contributed by atoms with Crippen LogP contribution in [0.4, 0.5) is 0 Å². The maximum Gasteiger partial charge on any atom is 0.330 e. The number of esters is 1. The van der Waals surface area contributed by atoms with Gasteiger partial charge in [0.25, 0.3) is 5.91 Å². The Balaban J connectivity index is 1.87. The number of ether oxygens (including phenoxy) is 1. The van der Waals surface area contributed by atoms with Crippen molar-refractivity contribution in [1.29, 1.82) is 0 Å². The van der Waals surface area contributed by atoms with Crippen LogP contribution in [0.5, 0.6) is 5.75 Å². The molecule has 4 rings (SSSR count). The van der Waals surface area contributed by atoms with E-state index in [-0.39, 0.29) is 17.7 Å². The molecule has 6 atom stereocenters. The Bertz CT molecular complexity index is 1420. The quantitative estimate of drug-likeness (QED) is 0.118. The normalized spacial score (nSPS) is 29.5. The van der Waals surface area contributed by atoms with Gasteiger partial charge in [0.2, 0.25) is 5.78 Å². The SMILES string of the molecule is CCCCOC(=O)/C=C/c1ccc2c(c1O)C(=O)C1=C(O)C3(O)C(=O)C(C(N)=O)=C(O)C(N(C)C)C3C(O)C1C2C. The van der Waals surface area contributed by atoms with Gasteiger partial charge in [0, 0.05) is 23.1 Å². The number of unbranched alkanes of at least 4 members (excludes halogenated alkanes) is 1. The van der Waals surface area contributed by atoms with Gasteiger partial charge >= 0.3 is 5.97 Å². The van der Waals surface area contributed by atoms with Gasteiger partial charge in [-0.2, -0.15) is 0 Å². The Morgan fingerprint density at radius 2 is 1.83 bits per heavy atom. The molecule has 0 heterocycles. The second-order valence-corrected chi connectivity index (χ2v) is 10.9. The fourth-order valence-corrected chi connectivity index (χ4v) is 6.30. The van der Waals surface area contributed by atoms with E-state index in [1.54, 1.807) is 13.0 Å². The molecular formula is C29H34N2O10. The molecule has 0 spiro atoms. The number of carbonyl (C=O) groups excluding carboxylic acids is 4. The van der Waals surface area contributed by atoms with Crippen LogP contribution in [-0.2, 0) is 19.1 Å². The summed E-state index contributed by atoms with van der Waals surface area (Å²) < 4.78 is 5.06. The number of amides is 1. The molecular weight excluding hydrogens is 536 g/mol. The first-order valence-electron chi connectivity index (χ1n) is 13.2. The van der Waals surface area contributed by atoms with Crippen LogP contribution in [0.15, 0.2) is 40.9 Å². The van der Waals surface area contributed by atoms with E-state index in [4.69, 9.17) is 10.5 Å². The van der Waals surface area contributed by atoms with E-state index < -0.39 is 87.4 Å². The molecule has 220 valence electrons. The largest absolute Gasteiger partial charge is 0.510 e. The van der Waals surface area contributed by atoms with Crippen LogP contribution in [0.3, 0.4) is 0 Å². The lowest BCUT2D eigenvalue weighted by molar-refractivity contribution is -0.162. The zero-order valence-corrected chi connectivity index (χ0v) is 23.1. The molecule has 6 unspecified atom stereocenters. The lowest BCUT2D eigenvalue weighted by Crippen LogP contribution is -2.68. The van der Waals surface area contributed by atoms with Crippen LogP contribution >= 0.6 is 0 Å². The van der Waals surface area contributed by atoms with E-state index in [0.29, 0.717) is 12.0 Å². The number of hydrogen-bond donors (Lipinski definition) is 6. The standard InChI is InChI=1S/C29H34N2O10/c1-5-6-11-41-15(32)10-8-13-7-9-14-12(2)16-18(23(34)17(14)22(13)33)26(37)29(40)20(24(16)35)21(31(3)4)25(36)19(27(29)38)28(30)39/h7-10,12,16,20-21,24,33,35-37,40H,5-6,11H2,1-4H3,(H2,30,39)/b10-8+. The van der Waals surface area contributed by atoms with Gasteiger partial charge in [-0.1, -0.05) is 32.4 Å². The van der Waals surface area contributed by atoms with Crippen LogP contribution < -0.4 is 5.73 Å². The van der Waals surface area contributed by atoms with Crippen molar-refractivity contribution in [3.05, 3.63) is 57.6 Å². The average molecular weight is 571 g/mol. The first-order valence-corrected chi connectivity index (χ1v) is 13.2. The Morgan fingerprint density at radius 1 is 1.17 bits per heavy atom. The molecule has 41 heavy (non-hydrogen) atoms. The zero-order chi connectivity index (χ0) is 30.5. The molecule has 1 amide bonds. The highest BCUT2D eigenvalue weighted by Gasteiger charge is 2.67. The number of primary amides is 1. The summed E-state index contributed by atoms with van der Waals surface area (Å²) in [5.41, 5.74) is 1.04. The summed E-state index contributed by atoms with van der Waals surface area (Å²) in [5.74, 6) is -10.3.